The Morgan fingerprint density at radius 1 is 1.47 bits per heavy atom. The first-order valence-corrected chi connectivity index (χ1v) is 6.16. The molecule has 0 saturated carbocycles. The summed E-state index contributed by atoms with van der Waals surface area (Å²) in [5.74, 6) is 0. The van der Waals surface area contributed by atoms with Crippen LogP contribution in [0.3, 0.4) is 0 Å². The molecule has 0 aliphatic heterocycles. The zero-order valence-corrected chi connectivity index (χ0v) is 11.3. The Balaban J connectivity index is 4.04. The van der Waals surface area contributed by atoms with Gasteiger partial charge < -0.3 is 15.2 Å². The van der Waals surface area contributed by atoms with Gasteiger partial charge in [0.05, 0.1) is 12.6 Å². The zero-order chi connectivity index (χ0) is 13.3. The van der Waals surface area contributed by atoms with Gasteiger partial charge in [0, 0.05) is 0 Å². The van der Waals surface area contributed by atoms with E-state index in [2.05, 4.69) is 12.2 Å². The van der Waals surface area contributed by atoms with E-state index in [1.165, 1.54) is 0 Å². The summed E-state index contributed by atoms with van der Waals surface area (Å²) in [7, 11) is 0. The van der Waals surface area contributed by atoms with Gasteiger partial charge in [0.2, 0.25) is 0 Å². The Bertz CT molecular complexity index is 244. The number of nitrogens with one attached hydrogen (secondary N) is 1. The van der Waals surface area contributed by atoms with E-state index in [4.69, 9.17) is 9.84 Å². The fourth-order valence-electron chi connectivity index (χ4n) is 1.20. The second kappa shape index (κ2) is 8.12. The molecule has 4 nitrogen and oxygen atoms in total. The predicted molar refractivity (Wildman–Crippen MR) is 68.9 cm³/mol. The highest BCUT2D eigenvalue weighted by atomic mass is 16.6. The van der Waals surface area contributed by atoms with Crippen molar-refractivity contribution in [1.29, 1.82) is 0 Å². The van der Waals surface area contributed by atoms with Crippen molar-refractivity contribution in [1.82, 2.24) is 5.32 Å². The summed E-state index contributed by atoms with van der Waals surface area (Å²) in [6, 6.07) is -0.373. The van der Waals surface area contributed by atoms with E-state index in [9.17, 15) is 4.79 Å². The van der Waals surface area contributed by atoms with E-state index in [1.54, 1.807) is 26.8 Å². The smallest absolute Gasteiger partial charge is 0.408 e. The highest BCUT2D eigenvalue weighted by Crippen LogP contribution is 2.07. The molecule has 4 heteroatoms. The third kappa shape index (κ3) is 9.87. The van der Waals surface area contributed by atoms with Gasteiger partial charge in [0.1, 0.15) is 5.60 Å². The van der Waals surface area contributed by atoms with Gasteiger partial charge in [-0.2, -0.15) is 0 Å². The van der Waals surface area contributed by atoms with E-state index in [0.29, 0.717) is 0 Å². The molecule has 0 aromatic heterocycles. The Kier molecular flexibility index (Phi) is 7.63. The van der Waals surface area contributed by atoms with Gasteiger partial charge in [0.25, 0.3) is 0 Å². The van der Waals surface area contributed by atoms with Gasteiger partial charge >= 0.3 is 6.09 Å². The maximum Gasteiger partial charge on any atom is 0.408 e. The number of allylic oxidation sites excluding steroid dienone is 1. The molecule has 0 aliphatic rings. The number of carbonyl (C=O) groups excluding carboxylic acids is 1. The van der Waals surface area contributed by atoms with Crippen LogP contribution in [0.15, 0.2) is 12.2 Å². The van der Waals surface area contributed by atoms with Crippen molar-refractivity contribution in [2.75, 3.05) is 6.61 Å². The molecule has 0 rings (SSSR count). The monoisotopic (exact) mass is 243 g/mol. The van der Waals surface area contributed by atoms with E-state index in [1.807, 2.05) is 6.08 Å². The number of hydrogen-bond donors (Lipinski definition) is 2. The Morgan fingerprint density at radius 3 is 2.59 bits per heavy atom. The summed E-state index contributed by atoms with van der Waals surface area (Å²) in [6.07, 6.45) is 6.48. The van der Waals surface area contributed by atoms with Gasteiger partial charge in [-0.25, -0.2) is 4.79 Å². The predicted octanol–water partition coefficient (Wildman–Crippen LogP) is 2.62. The Hall–Kier alpha value is -1.03. The maximum atomic E-state index is 11.4. The lowest BCUT2D eigenvalue weighted by Gasteiger charge is -2.21. The third-order valence-corrected chi connectivity index (χ3v) is 1.99. The highest BCUT2D eigenvalue weighted by Gasteiger charge is 2.17. The van der Waals surface area contributed by atoms with Crippen LogP contribution in [0.5, 0.6) is 0 Å². The molecule has 0 aromatic rings. The van der Waals surface area contributed by atoms with E-state index >= 15 is 0 Å². The summed E-state index contributed by atoms with van der Waals surface area (Å²) in [5.41, 5.74) is -0.518. The summed E-state index contributed by atoms with van der Waals surface area (Å²) in [6.45, 7) is 7.41. The van der Waals surface area contributed by atoms with Crippen molar-refractivity contribution >= 4 is 6.09 Å². The van der Waals surface area contributed by atoms with Crippen molar-refractivity contribution in [3.63, 3.8) is 0 Å². The third-order valence-electron chi connectivity index (χ3n) is 1.99. The Labute approximate surface area is 104 Å². The van der Waals surface area contributed by atoms with E-state index < -0.39 is 11.7 Å². The van der Waals surface area contributed by atoms with Crippen LogP contribution in [0.4, 0.5) is 4.79 Å². The summed E-state index contributed by atoms with van der Waals surface area (Å²) in [5, 5.41) is 11.7. The van der Waals surface area contributed by atoms with Crippen molar-refractivity contribution in [2.45, 2.75) is 58.6 Å². The second-order valence-corrected chi connectivity index (χ2v) is 5.01. The molecular formula is C13H25NO3. The van der Waals surface area contributed by atoms with E-state index in [0.717, 1.165) is 19.3 Å². The number of aliphatic hydroxyl groups excluding tert-OH is 1. The number of rotatable bonds is 6. The first-order valence-electron chi connectivity index (χ1n) is 6.16. The average Bonchev–Trinajstić information content (AvgIpc) is 2.20. The van der Waals surface area contributed by atoms with Crippen molar-refractivity contribution in [3.05, 3.63) is 12.2 Å². The lowest BCUT2D eigenvalue weighted by molar-refractivity contribution is 0.0498. The maximum absolute atomic E-state index is 11.4. The number of aliphatic hydroxyl groups is 1. The molecule has 0 fully saturated rings. The minimum Gasteiger partial charge on any atom is -0.444 e. The van der Waals surface area contributed by atoms with Crippen molar-refractivity contribution in [3.8, 4) is 0 Å². The molecule has 0 aromatic carbocycles. The van der Waals surface area contributed by atoms with Crippen LogP contribution < -0.4 is 5.32 Å². The summed E-state index contributed by atoms with van der Waals surface area (Å²) >= 11 is 0. The van der Waals surface area contributed by atoms with Crippen molar-refractivity contribution < 1.29 is 14.6 Å². The van der Waals surface area contributed by atoms with E-state index in [-0.39, 0.29) is 12.6 Å². The molecule has 1 amide bonds. The van der Waals surface area contributed by atoms with Gasteiger partial charge in [-0.3, -0.25) is 0 Å². The highest BCUT2D eigenvalue weighted by molar-refractivity contribution is 5.68. The largest absolute Gasteiger partial charge is 0.444 e. The fourth-order valence-corrected chi connectivity index (χ4v) is 1.20. The summed E-state index contributed by atoms with van der Waals surface area (Å²) < 4.78 is 5.10. The molecule has 2 N–H and O–H groups in total. The lowest BCUT2D eigenvalue weighted by atomic mass is 10.2. The van der Waals surface area contributed by atoms with Crippen LogP contribution in [-0.4, -0.2) is 29.4 Å². The standard InChI is InChI=1S/C13H25NO3/c1-5-6-7-8-9-11(10-15)14-12(16)17-13(2,3)4/h8-9,11,15H,5-7,10H2,1-4H3,(H,14,16)/b9-8+/t11-/m0/s1. The minimum absolute atomic E-state index is 0.123. The first-order chi connectivity index (χ1) is 7.89. The molecule has 0 saturated heterocycles. The normalized spacial score (nSPS) is 13.7. The molecule has 0 unspecified atom stereocenters. The average molecular weight is 243 g/mol. The molecule has 0 bridgehead atoms. The number of unbranched alkanes of at least 4 members (excludes halogenated alkanes) is 2. The van der Waals surface area contributed by atoms with Gasteiger partial charge in [-0.15, -0.1) is 0 Å². The minimum atomic E-state index is -0.518. The van der Waals surface area contributed by atoms with Gasteiger partial charge in [-0.05, 0) is 27.2 Å². The number of amides is 1. The van der Waals surface area contributed by atoms with Crippen LogP contribution in [0.1, 0.15) is 47.0 Å². The molecule has 0 heterocycles. The lowest BCUT2D eigenvalue weighted by Crippen LogP contribution is -2.39. The summed E-state index contributed by atoms with van der Waals surface area (Å²) in [4.78, 5) is 11.4. The molecule has 0 spiro atoms. The zero-order valence-electron chi connectivity index (χ0n) is 11.3. The topological polar surface area (TPSA) is 58.6 Å². The van der Waals surface area contributed by atoms with Crippen LogP contribution in [0.25, 0.3) is 0 Å². The van der Waals surface area contributed by atoms with Crippen molar-refractivity contribution in [2.24, 2.45) is 0 Å². The second-order valence-electron chi connectivity index (χ2n) is 5.01. The first kappa shape index (κ1) is 16.0. The molecule has 17 heavy (non-hydrogen) atoms. The molecule has 0 radical (unpaired) electrons. The molecular weight excluding hydrogens is 218 g/mol. The molecule has 1 atom stereocenters. The molecule has 100 valence electrons. The number of hydrogen-bond acceptors (Lipinski definition) is 3. The van der Waals surface area contributed by atoms with Crippen LogP contribution in [-0.2, 0) is 4.74 Å². The van der Waals surface area contributed by atoms with Crippen LogP contribution in [0, 0.1) is 0 Å². The Morgan fingerprint density at radius 2 is 2.12 bits per heavy atom. The van der Waals surface area contributed by atoms with Crippen LogP contribution >= 0.6 is 0 Å². The molecule has 0 aliphatic carbocycles. The SMILES string of the molecule is CCCC/C=C/[C@@H](CO)NC(=O)OC(C)(C)C. The van der Waals surface area contributed by atoms with Gasteiger partial charge in [0.15, 0.2) is 0 Å². The fraction of sp³-hybridized carbons (Fsp3) is 0.769. The van der Waals surface area contributed by atoms with Gasteiger partial charge in [-0.1, -0.05) is 31.9 Å². The quantitative estimate of drug-likeness (QED) is 0.557. The van der Waals surface area contributed by atoms with Crippen LogP contribution in [0.2, 0.25) is 0 Å². The number of carbonyl (C=O) groups is 1. The number of alkyl carbamates (subject to hydrolysis) is 1. The number of ether oxygens (including phenoxy) is 1.